The summed E-state index contributed by atoms with van der Waals surface area (Å²) in [4.78, 5) is 23.9. The Morgan fingerprint density at radius 1 is 0.917 bits per heavy atom. The van der Waals surface area contributed by atoms with E-state index in [2.05, 4.69) is 27.3 Å². The highest BCUT2D eigenvalue weighted by molar-refractivity contribution is 5.98. The lowest BCUT2D eigenvalue weighted by Gasteiger charge is -2.32. The summed E-state index contributed by atoms with van der Waals surface area (Å²) in [5.74, 6) is -0.101. The number of nitrogens with zero attached hydrogens (tertiary/aromatic N) is 4. The summed E-state index contributed by atoms with van der Waals surface area (Å²) in [6.07, 6.45) is 0. The van der Waals surface area contributed by atoms with Crippen LogP contribution >= 0.6 is 0 Å². The maximum atomic E-state index is 12.5. The van der Waals surface area contributed by atoms with Crippen LogP contribution in [0.2, 0.25) is 0 Å². The molecule has 1 aliphatic rings. The second-order valence-corrected chi connectivity index (χ2v) is 6.15. The summed E-state index contributed by atoms with van der Waals surface area (Å²) in [5, 5.41) is 1.97. The third kappa shape index (κ3) is 2.93. The normalized spacial score (nSPS) is 16.5. The van der Waals surface area contributed by atoms with E-state index in [1.165, 1.54) is 0 Å². The summed E-state index contributed by atoms with van der Waals surface area (Å²) in [7, 11) is 2.09. The van der Waals surface area contributed by atoms with Crippen LogP contribution in [0.15, 0.2) is 42.5 Å². The van der Waals surface area contributed by atoms with Crippen molar-refractivity contribution in [2.45, 2.75) is 0 Å². The van der Waals surface area contributed by atoms with Crippen LogP contribution in [0.3, 0.4) is 0 Å². The van der Waals surface area contributed by atoms with Crippen molar-refractivity contribution in [2.24, 2.45) is 0 Å². The third-order valence-corrected chi connectivity index (χ3v) is 4.36. The highest BCUT2D eigenvalue weighted by atomic mass is 16.2. The molecule has 0 bridgehead atoms. The first-order chi connectivity index (χ1) is 11.7. The number of benzene rings is 2. The van der Waals surface area contributed by atoms with Crippen LogP contribution < -0.4 is 5.43 Å². The van der Waals surface area contributed by atoms with Gasteiger partial charge in [-0.2, -0.15) is 0 Å². The van der Waals surface area contributed by atoms with Crippen molar-refractivity contribution in [3.05, 3.63) is 48.0 Å². The number of carbonyl (C=O) groups is 1. The first kappa shape index (κ1) is 15.0. The van der Waals surface area contributed by atoms with Gasteiger partial charge in [-0.3, -0.25) is 10.2 Å². The van der Waals surface area contributed by atoms with Gasteiger partial charge in [0.15, 0.2) is 0 Å². The van der Waals surface area contributed by atoms with Gasteiger partial charge in [0.2, 0.25) is 0 Å². The molecule has 0 radical (unpaired) electrons. The summed E-state index contributed by atoms with van der Waals surface area (Å²) in [6, 6.07) is 13.2. The van der Waals surface area contributed by atoms with Crippen molar-refractivity contribution in [3.8, 4) is 0 Å². The molecule has 0 spiro atoms. The lowest BCUT2D eigenvalue weighted by molar-refractivity contribution is 0.0662. The molecule has 1 aromatic heterocycles. The first-order valence-corrected chi connectivity index (χ1v) is 8.10. The Labute approximate surface area is 140 Å². The van der Waals surface area contributed by atoms with Crippen LogP contribution in [-0.4, -0.2) is 59.0 Å². The number of rotatable bonds is 2. The van der Waals surface area contributed by atoms with Crippen molar-refractivity contribution >= 4 is 28.0 Å². The maximum Gasteiger partial charge on any atom is 0.265 e. The van der Waals surface area contributed by atoms with E-state index in [0.29, 0.717) is 5.56 Å². The molecule has 6 nitrogen and oxygen atoms in total. The van der Waals surface area contributed by atoms with Gasteiger partial charge in [-0.15, -0.1) is 0 Å². The molecule has 2 aromatic carbocycles. The number of carbonyl (C=O) groups excluding carboxylic acids is 1. The van der Waals surface area contributed by atoms with Gasteiger partial charge in [-0.05, 0) is 37.4 Å². The van der Waals surface area contributed by atoms with Gasteiger partial charge in [0.05, 0.1) is 22.1 Å². The zero-order chi connectivity index (χ0) is 16.5. The van der Waals surface area contributed by atoms with Crippen LogP contribution in [0.1, 0.15) is 10.4 Å². The van der Waals surface area contributed by atoms with Crippen LogP contribution in [0.5, 0.6) is 0 Å². The number of piperazine rings is 1. The van der Waals surface area contributed by atoms with Crippen LogP contribution in [0, 0.1) is 0 Å². The fraction of sp³-hybridized carbons (Fsp3) is 0.278. The van der Waals surface area contributed by atoms with Crippen LogP contribution in [-0.2, 0) is 0 Å². The van der Waals surface area contributed by atoms with Gasteiger partial charge in [-0.25, -0.2) is 15.0 Å². The molecule has 0 unspecified atom stereocenters. The lowest BCUT2D eigenvalue weighted by atomic mass is 10.1. The van der Waals surface area contributed by atoms with Gasteiger partial charge >= 0.3 is 0 Å². The molecule has 24 heavy (non-hydrogen) atoms. The van der Waals surface area contributed by atoms with E-state index in [-0.39, 0.29) is 5.91 Å². The number of nitrogens with one attached hydrogen (secondary N) is 1. The molecule has 1 amide bonds. The van der Waals surface area contributed by atoms with Gasteiger partial charge in [0, 0.05) is 31.7 Å². The van der Waals surface area contributed by atoms with E-state index >= 15 is 0 Å². The predicted molar refractivity (Wildman–Crippen MR) is 93.6 cm³/mol. The first-order valence-electron chi connectivity index (χ1n) is 8.10. The number of likely N-dealkylation sites (N-methyl/N-ethyl adjacent to an activating group) is 1. The van der Waals surface area contributed by atoms with E-state index in [4.69, 9.17) is 0 Å². The van der Waals surface area contributed by atoms with E-state index in [1.54, 1.807) is 12.1 Å². The summed E-state index contributed by atoms with van der Waals surface area (Å²) >= 11 is 0. The van der Waals surface area contributed by atoms with Crippen LogP contribution in [0.25, 0.3) is 22.1 Å². The molecule has 122 valence electrons. The van der Waals surface area contributed by atoms with Crippen molar-refractivity contribution in [3.63, 3.8) is 0 Å². The van der Waals surface area contributed by atoms with Gasteiger partial charge in [0.1, 0.15) is 0 Å². The number of amides is 1. The molecule has 0 atom stereocenters. The minimum absolute atomic E-state index is 0.101. The predicted octanol–water partition coefficient (Wildman–Crippen LogP) is 1.68. The molecule has 1 fully saturated rings. The Bertz CT molecular complexity index is 902. The molecule has 0 aliphatic carbocycles. The van der Waals surface area contributed by atoms with Crippen molar-refractivity contribution in [2.75, 3.05) is 33.2 Å². The average molecular weight is 321 g/mol. The monoisotopic (exact) mass is 321 g/mol. The second kappa shape index (κ2) is 6.14. The number of hydrogen-bond acceptors (Lipinski definition) is 5. The molecule has 1 aliphatic heterocycles. The van der Waals surface area contributed by atoms with Crippen molar-refractivity contribution < 1.29 is 4.79 Å². The number of fused-ring (bicyclic) bond motifs is 2. The minimum Gasteiger partial charge on any atom is -0.304 e. The Kier molecular flexibility index (Phi) is 3.84. The zero-order valence-corrected chi connectivity index (χ0v) is 13.6. The van der Waals surface area contributed by atoms with Gasteiger partial charge in [0.25, 0.3) is 5.91 Å². The van der Waals surface area contributed by atoms with E-state index in [9.17, 15) is 4.79 Å². The van der Waals surface area contributed by atoms with Crippen molar-refractivity contribution in [1.82, 2.24) is 25.3 Å². The highest BCUT2D eigenvalue weighted by Gasteiger charge is 2.17. The summed E-state index contributed by atoms with van der Waals surface area (Å²) < 4.78 is 0. The number of hydrazine groups is 1. The van der Waals surface area contributed by atoms with Gasteiger partial charge in [-0.1, -0.05) is 12.1 Å². The Morgan fingerprint density at radius 2 is 1.54 bits per heavy atom. The zero-order valence-electron chi connectivity index (χ0n) is 13.6. The largest absolute Gasteiger partial charge is 0.304 e. The average Bonchev–Trinajstić information content (AvgIpc) is 2.61. The SMILES string of the molecule is CN1CCN(NC(=O)c2ccc3nc4ccccc4nc3c2)CC1. The lowest BCUT2D eigenvalue weighted by Crippen LogP contribution is -2.52. The number of aromatic nitrogens is 2. The quantitative estimate of drug-likeness (QED) is 0.728. The fourth-order valence-electron chi connectivity index (χ4n) is 2.89. The smallest absolute Gasteiger partial charge is 0.265 e. The van der Waals surface area contributed by atoms with E-state index in [0.717, 1.165) is 48.2 Å². The molecule has 3 aromatic rings. The van der Waals surface area contributed by atoms with Gasteiger partial charge < -0.3 is 4.90 Å². The summed E-state index contributed by atoms with van der Waals surface area (Å²) in [5.41, 5.74) is 6.81. The van der Waals surface area contributed by atoms with E-state index < -0.39 is 0 Å². The second-order valence-electron chi connectivity index (χ2n) is 6.15. The molecule has 6 heteroatoms. The molecule has 4 rings (SSSR count). The molecule has 0 saturated carbocycles. The fourth-order valence-corrected chi connectivity index (χ4v) is 2.89. The Morgan fingerprint density at radius 3 is 2.25 bits per heavy atom. The standard InChI is InChI=1S/C18H19N5O/c1-22-8-10-23(11-9-22)21-18(24)13-6-7-16-17(12-13)20-15-5-3-2-4-14(15)19-16/h2-7,12H,8-11H2,1H3,(H,21,24). The van der Waals surface area contributed by atoms with Crippen LogP contribution in [0.4, 0.5) is 0 Å². The maximum absolute atomic E-state index is 12.5. The topological polar surface area (TPSA) is 61.4 Å². The molecule has 1 N–H and O–H groups in total. The molecular weight excluding hydrogens is 302 g/mol. The summed E-state index contributed by atoms with van der Waals surface area (Å²) in [6.45, 7) is 3.57. The highest BCUT2D eigenvalue weighted by Crippen LogP contribution is 2.17. The molecular formula is C18H19N5O. The molecule has 2 heterocycles. The number of para-hydroxylation sites is 2. The minimum atomic E-state index is -0.101. The third-order valence-electron chi connectivity index (χ3n) is 4.36. The van der Waals surface area contributed by atoms with Crippen molar-refractivity contribution in [1.29, 1.82) is 0 Å². The number of hydrogen-bond donors (Lipinski definition) is 1. The Hall–Kier alpha value is -2.57. The molecule has 1 saturated heterocycles. The Balaban J connectivity index is 1.59. The van der Waals surface area contributed by atoms with E-state index in [1.807, 2.05) is 35.3 Å².